The molecule has 2 aromatic rings. The first-order valence-corrected chi connectivity index (χ1v) is 5.39. The average Bonchev–Trinajstić information content (AvgIpc) is 2.86. The minimum atomic E-state index is -0.0942. The molecule has 0 saturated heterocycles. The van der Waals surface area contributed by atoms with Crippen LogP contribution in [0, 0.1) is 6.92 Å². The van der Waals surface area contributed by atoms with Gasteiger partial charge in [-0.1, -0.05) is 12.1 Å². The van der Waals surface area contributed by atoms with Crippen molar-refractivity contribution in [2.45, 2.75) is 13.0 Å². The highest BCUT2D eigenvalue weighted by molar-refractivity contribution is 5.40. The Morgan fingerprint density at radius 3 is 2.71 bits per heavy atom. The molecule has 1 heterocycles. The van der Waals surface area contributed by atoms with Crippen LogP contribution in [0.1, 0.15) is 22.7 Å². The van der Waals surface area contributed by atoms with Gasteiger partial charge < -0.3 is 9.15 Å². The quantitative estimate of drug-likeness (QED) is 0.626. The molecule has 1 unspecified atom stereocenters. The van der Waals surface area contributed by atoms with Gasteiger partial charge in [-0.15, -0.1) is 0 Å². The van der Waals surface area contributed by atoms with E-state index in [1.54, 1.807) is 19.6 Å². The molecule has 1 aromatic heterocycles. The third kappa shape index (κ3) is 2.33. The Balaban J connectivity index is 2.38. The molecule has 0 saturated carbocycles. The molecular formula is C13H16N2O2. The van der Waals surface area contributed by atoms with Crippen molar-refractivity contribution < 1.29 is 9.15 Å². The number of hydrogen-bond donors (Lipinski definition) is 2. The molecule has 4 nitrogen and oxygen atoms in total. The van der Waals surface area contributed by atoms with Crippen LogP contribution in [-0.2, 0) is 0 Å². The summed E-state index contributed by atoms with van der Waals surface area (Å²) in [5, 5.41) is 0. The third-order valence-corrected chi connectivity index (χ3v) is 2.81. The lowest BCUT2D eigenvalue weighted by Crippen LogP contribution is -2.28. The minimum absolute atomic E-state index is 0.0942. The molecule has 17 heavy (non-hydrogen) atoms. The van der Waals surface area contributed by atoms with E-state index in [-0.39, 0.29) is 6.04 Å². The van der Waals surface area contributed by atoms with Gasteiger partial charge in [-0.2, -0.15) is 0 Å². The second-order valence-electron chi connectivity index (χ2n) is 3.89. The predicted octanol–water partition coefficient (Wildman–Crippen LogP) is 2.15. The van der Waals surface area contributed by atoms with Crippen molar-refractivity contribution in [2.75, 3.05) is 7.11 Å². The number of benzene rings is 1. The molecule has 4 heteroatoms. The summed E-state index contributed by atoms with van der Waals surface area (Å²) < 4.78 is 10.4. The molecule has 2 rings (SSSR count). The van der Waals surface area contributed by atoms with Crippen LogP contribution in [0.15, 0.2) is 41.2 Å². The maximum Gasteiger partial charge on any atom is 0.122 e. The fourth-order valence-corrected chi connectivity index (χ4v) is 1.84. The number of nitrogens with two attached hydrogens (primary N) is 1. The van der Waals surface area contributed by atoms with Crippen LogP contribution in [0.3, 0.4) is 0 Å². The van der Waals surface area contributed by atoms with Crippen molar-refractivity contribution in [1.29, 1.82) is 0 Å². The SMILES string of the molecule is COc1cc(C(NN)c2ccoc2)ccc1C. The van der Waals surface area contributed by atoms with Gasteiger partial charge in [-0.25, -0.2) is 5.43 Å². The van der Waals surface area contributed by atoms with Crippen molar-refractivity contribution in [3.63, 3.8) is 0 Å². The zero-order chi connectivity index (χ0) is 12.3. The predicted molar refractivity (Wildman–Crippen MR) is 65.6 cm³/mol. The number of furan rings is 1. The number of ether oxygens (including phenoxy) is 1. The molecule has 0 spiro atoms. The average molecular weight is 232 g/mol. The van der Waals surface area contributed by atoms with Gasteiger partial charge in [0.2, 0.25) is 0 Å². The number of methoxy groups -OCH3 is 1. The van der Waals surface area contributed by atoms with Crippen LogP contribution in [0.25, 0.3) is 0 Å². The molecule has 0 aliphatic carbocycles. The van der Waals surface area contributed by atoms with Crippen LogP contribution in [0.4, 0.5) is 0 Å². The van der Waals surface area contributed by atoms with Gasteiger partial charge in [-0.05, 0) is 30.2 Å². The highest BCUT2D eigenvalue weighted by Gasteiger charge is 2.14. The van der Waals surface area contributed by atoms with E-state index < -0.39 is 0 Å². The van der Waals surface area contributed by atoms with E-state index in [1.807, 2.05) is 31.2 Å². The lowest BCUT2D eigenvalue weighted by Gasteiger charge is -2.16. The summed E-state index contributed by atoms with van der Waals surface area (Å²) in [5.74, 6) is 6.45. The summed E-state index contributed by atoms with van der Waals surface area (Å²) in [7, 11) is 1.66. The highest BCUT2D eigenvalue weighted by atomic mass is 16.5. The Morgan fingerprint density at radius 1 is 1.29 bits per heavy atom. The molecule has 1 atom stereocenters. The first-order valence-electron chi connectivity index (χ1n) is 5.39. The van der Waals surface area contributed by atoms with Gasteiger partial charge in [0, 0.05) is 5.56 Å². The van der Waals surface area contributed by atoms with Gasteiger partial charge in [0.15, 0.2) is 0 Å². The lowest BCUT2D eigenvalue weighted by molar-refractivity contribution is 0.410. The zero-order valence-corrected chi connectivity index (χ0v) is 9.94. The van der Waals surface area contributed by atoms with Crippen LogP contribution in [0.5, 0.6) is 5.75 Å². The lowest BCUT2D eigenvalue weighted by atomic mass is 10.0. The van der Waals surface area contributed by atoms with E-state index in [0.29, 0.717) is 0 Å². The molecule has 0 fully saturated rings. The van der Waals surface area contributed by atoms with Crippen molar-refractivity contribution >= 4 is 0 Å². The maximum absolute atomic E-state index is 5.59. The van der Waals surface area contributed by atoms with Crippen LogP contribution >= 0.6 is 0 Å². The molecule has 0 amide bonds. The van der Waals surface area contributed by atoms with E-state index in [4.69, 9.17) is 15.0 Å². The summed E-state index contributed by atoms with van der Waals surface area (Å²) in [5.41, 5.74) is 5.90. The third-order valence-electron chi connectivity index (χ3n) is 2.81. The molecule has 0 aliphatic heterocycles. The minimum Gasteiger partial charge on any atom is -0.496 e. The van der Waals surface area contributed by atoms with Crippen LogP contribution in [-0.4, -0.2) is 7.11 Å². The number of hydrazine groups is 1. The van der Waals surface area contributed by atoms with E-state index in [2.05, 4.69) is 5.43 Å². The van der Waals surface area contributed by atoms with Crippen molar-refractivity contribution in [1.82, 2.24) is 5.43 Å². The molecule has 90 valence electrons. The summed E-state index contributed by atoms with van der Waals surface area (Å²) >= 11 is 0. The maximum atomic E-state index is 5.59. The smallest absolute Gasteiger partial charge is 0.122 e. The molecule has 1 aromatic carbocycles. The Labute approximate surface area is 100 Å². The van der Waals surface area contributed by atoms with Gasteiger partial charge in [0.05, 0.1) is 25.7 Å². The summed E-state index contributed by atoms with van der Waals surface area (Å²) in [6.07, 6.45) is 3.31. The van der Waals surface area contributed by atoms with E-state index in [9.17, 15) is 0 Å². The van der Waals surface area contributed by atoms with Crippen molar-refractivity contribution in [3.05, 3.63) is 53.5 Å². The first-order chi connectivity index (χ1) is 8.26. The Bertz CT molecular complexity index is 480. The number of nitrogens with one attached hydrogen (secondary N) is 1. The van der Waals surface area contributed by atoms with Gasteiger partial charge >= 0.3 is 0 Å². The van der Waals surface area contributed by atoms with Gasteiger partial charge in [0.25, 0.3) is 0 Å². The molecule has 0 aliphatic rings. The van der Waals surface area contributed by atoms with E-state index in [0.717, 1.165) is 22.4 Å². The Hall–Kier alpha value is -1.78. The molecule has 0 bridgehead atoms. The Kier molecular flexibility index (Phi) is 3.46. The summed E-state index contributed by atoms with van der Waals surface area (Å²) in [6.45, 7) is 2.01. The summed E-state index contributed by atoms with van der Waals surface area (Å²) in [6, 6.07) is 7.81. The summed E-state index contributed by atoms with van der Waals surface area (Å²) in [4.78, 5) is 0. The second kappa shape index (κ2) is 5.03. The normalized spacial score (nSPS) is 12.4. The van der Waals surface area contributed by atoms with Crippen LogP contribution < -0.4 is 16.0 Å². The van der Waals surface area contributed by atoms with E-state index >= 15 is 0 Å². The first kappa shape index (κ1) is 11.7. The van der Waals surface area contributed by atoms with Crippen LogP contribution in [0.2, 0.25) is 0 Å². The molecule has 0 radical (unpaired) electrons. The highest BCUT2D eigenvalue weighted by Crippen LogP contribution is 2.27. The largest absolute Gasteiger partial charge is 0.496 e. The number of aryl methyl sites for hydroxylation is 1. The standard InChI is InChI=1S/C13H16N2O2/c1-9-3-4-10(7-12(9)16-2)13(15-14)11-5-6-17-8-11/h3-8,13,15H,14H2,1-2H3. The molecule has 3 N–H and O–H groups in total. The Morgan fingerprint density at radius 2 is 2.12 bits per heavy atom. The molecular weight excluding hydrogens is 216 g/mol. The van der Waals surface area contributed by atoms with Gasteiger partial charge in [0.1, 0.15) is 5.75 Å². The van der Waals surface area contributed by atoms with Gasteiger partial charge in [-0.3, -0.25) is 5.84 Å². The second-order valence-corrected chi connectivity index (χ2v) is 3.89. The topological polar surface area (TPSA) is 60.4 Å². The fraction of sp³-hybridized carbons (Fsp3) is 0.231. The van der Waals surface area contributed by atoms with Crippen molar-refractivity contribution in [3.8, 4) is 5.75 Å². The fourth-order valence-electron chi connectivity index (χ4n) is 1.84. The van der Waals surface area contributed by atoms with E-state index in [1.165, 1.54) is 0 Å². The monoisotopic (exact) mass is 232 g/mol. The number of rotatable bonds is 4. The van der Waals surface area contributed by atoms with Crippen molar-refractivity contribution in [2.24, 2.45) is 5.84 Å². The zero-order valence-electron chi connectivity index (χ0n) is 9.94. The number of hydrogen-bond acceptors (Lipinski definition) is 4.